The molecule has 2 aromatic carbocycles. The molecule has 0 N–H and O–H groups in total. The molecule has 25 heavy (non-hydrogen) atoms. The molecule has 130 valence electrons. The lowest BCUT2D eigenvalue weighted by Crippen LogP contribution is -2.58. The number of rotatable bonds is 3. The first-order valence-corrected chi connectivity index (χ1v) is 11.7. The van der Waals surface area contributed by atoms with Crippen LogP contribution in [0.2, 0.25) is 6.55 Å². The van der Waals surface area contributed by atoms with Gasteiger partial charge in [-0.3, -0.25) is 0 Å². The summed E-state index contributed by atoms with van der Waals surface area (Å²) in [6, 6.07) is 14.3. The Morgan fingerprint density at radius 3 is 1.36 bits per heavy atom. The third-order valence-corrected chi connectivity index (χ3v) is 10.3. The van der Waals surface area contributed by atoms with Crippen LogP contribution in [-0.4, -0.2) is 8.07 Å². The molecule has 0 amide bonds. The summed E-state index contributed by atoms with van der Waals surface area (Å²) in [6.07, 6.45) is 3.53. The lowest BCUT2D eigenvalue weighted by Gasteiger charge is -2.33. The van der Waals surface area contributed by atoms with Crippen molar-refractivity contribution in [3.63, 3.8) is 0 Å². The van der Waals surface area contributed by atoms with Crippen molar-refractivity contribution in [2.45, 2.75) is 54.5 Å². The molecule has 3 rings (SSSR count). The van der Waals surface area contributed by atoms with E-state index in [1.54, 1.807) is 15.6 Å². The second kappa shape index (κ2) is 6.46. The van der Waals surface area contributed by atoms with Crippen molar-refractivity contribution in [1.29, 1.82) is 0 Å². The van der Waals surface area contributed by atoms with E-state index in [0.717, 1.165) is 6.42 Å². The maximum Gasteiger partial charge on any atom is 0.142 e. The molecule has 0 aromatic heterocycles. The van der Waals surface area contributed by atoms with E-state index in [1.807, 2.05) is 0 Å². The molecule has 0 spiro atoms. The summed E-state index contributed by atoms with van der Waals surface area (Å²) in [4.78, 5) is 0. The minimum absolute atomic E-state index is 1.13. The monoisotopic (exact) mass is 346 g/mol. The molecule has 0 bridgehead atoms. The highest BCUT2D eigenvalue weighted by Gasteiger charge is 2.38. The lowest BCUT2D eigenvalue weighted by molar-refractivity contribution is 1.21. The predicted molar refractivity (Wildman–Crippen MR) is 114 cm³/mol. The van der Waals surface area contributed by atoms with E-state index in [2.05, 4.69) is 90.6 Å². The molecule has 0 radical (unpaired) electrons. The summed E-state index contributed by atoms with van der Waals surface area (Å²) < 4.78 is 0. The van der Waals surface area contributed by atoms with Gasteiger partial charge in [0.1, 0.15) is 8.07 Å². The van der Waals surface area contributed by atoms with Gasteiger partial charge in [0.2, 0.25) is 0 Å². The number of hydrogen-bond acceptors (Lipinski definition) is 0. The van der Waals surface area contributed by atoms with Gasteiger partial charge in [-0.15, -0.1) is 0 Å². The maximum absolute atomic E-state index is 2.56. The van der Waals surface area contributed by atoms with Gasteiger partial charge in [-0.1, -0.05) is 87.6 Å². The number of allylic oxidation sites excluding steroid dienone is 4. The van der Waals surface area contributed by atoms with Gasteiger partial charge in [-0.2, -0.15) is 0 Å². The van der Waals surface area contributed by atoms with Gasteiger partial charge in [0.05, 0.1) is 0 Å². The molecular weight excluding hydrogens is 316 g/mol. The smallest absolute Gasteiger partial charge is 0.0694 e. The largest absolute Gasteiger partial charge is 0.142 e. The second-order valence-electron chi connectivity index (χ2n) is 8.21. The summed E-state index contributed by atoms with van der Waals surface area (Å²) in [5.41, 5.74) is 8.49. The zero-order valence-electron chi connectivity index (χ0n) is 16.7. The van der Waals surface area contributed by atoms with Gasteiger partial charge in [0, 0.05) is 0 Å². The normalized spacial score (nSPS) is 14.9. The van der Waals surface area contributed by atoms with Crippen LogP contribution in [0.25, 0.3) is 0 Å². The Kier molecular flexibility index (Phi) is 4.63. The maximum atomic E-state index is 2.56. The van der Waals surface area contributed by atoms with Gasteiger partial charge >= 0.3 is 0 Å². The summed E-state index contributed by atoms with van der Waals surface area (Å²) >= 11 is 0. The van der Waals surface area contributed by atoms with Gasteiger partial charge in [-0.25, -0.2) is 0 Å². The fourth-order valence-electron chi connectivity index (χ4n) is 4.54. The Morgan fingerprint density at radius 1 is 0.640 bits per heavy atom. The molecule has 1 aliphatic rings. The third-order valence-electron chi connectivity index (χ3n) is 5.60. The van der Waals surface area contributed by atoms with Crippen LogP contribution in [-0.2, 0) is 0 Å². The summed E-state index contributed by atoms with van der Waals surface area (Å²) in [5.74, 6) is 0. The average molecular weight is 347 g/mol. The van der Waals surface area contributed by atoms with E-state index < -0.39 is 8.07 Å². The molecule has 1 heteroatoms. The van der Waals surface area contributed by atoms with Crippen LogP contribution >= 0.6 is 0 Å². The SMILES string of the molecule is CC1=CC(C)=C([Si](C)(c2cc(C)cc(C)c2)c2cc(C)cc(C)c2)C1. The number of benzene rings is 2. The quantitative estimate of drug-likeness (QED) is 0.660. The van der Waals surface area contributed by atoms with Crippen molar-refractivity contribution < 1.29 is 0 Å². The van der Waals surface area contributed by atoms with E-state index in [4.69, 9.17) is 0 Å². The second-order valence-corrected chi connectivity index (χ2v) is 12.2. The van der Waals surface area contributed by atoms with Crippen LogP contribution in [0.5, 0.6) is 0 Å². The molecule has 0 heterocycles. The fourth-order valence-corrected chi connectivity index (χ4v) is 9.13. The van der Waals surface area contributed by atoms with Gasteiger partial charge in [0.15, 0.2) is 0 Å². The molecule has 0 saturated carbocycles. The van der Waals surface area contributed by atoms with Crippen molar-refractivity contribution in [1.82, 2.24) is 0 Å². The molecule has 0 saturated heterocycles. The summed E-state index contributed by atoms with van der Waals surface area (Å²) in [6.45, 7) is 16.0. The van der Waals surface area contributed by atoms with E-state index in [1.165, 1.54) is 33.4 Å². The van der Waals surface area contributed by atoms with Crippen molar-refractivity contribution in [2.75, 3.05) is 0 Å². The molecule has 0 fully saturated rings. The fraction of sp³-hybridized carbons (Fsp3) is 0.333. The number of aryl methyl sites for hydroxylation is 4. The van der Waals surface area contributed by atoms with Crippen molar-refractivity contribution in [3.8, 4) is 0 Å². The van der Waals surface area contributed by atoms with Gasteiger partial charge in [-0.05, 0) is 58.3 Å². The van der Waals surface area contributed by atoms with Crippen molar-refractivity contribution >= 4 is 18.4 Å². The Balaban J connectivity index is 2.31. The first-order valence-electron chi connectivity index (χ1n) is 9.25. The summed E-state index contributed by atoms with van der Waals surface area (Å²) in [5, 5.41) is 4.78. The minimum Gasteiger partial charge on any atom is -0.0694 e. The zero-order chi connectivity index (χ0) is 18.4. The molecule has 1 aliphatic carbocycles. The van der Waals surface area contributed by atoms with Crippen molar-refractivity contribution in [2.24, 2.45) is 0 Å². The molecule has 0 unspecified atom stereocenters. The van der Waals surface area contributed by atoms with E-state index in [0.29, 0.717) is 0 Å². The van der Waals surface area contributed by atoms with Crippen LogP contribution in [0, 0.1) is 27.7 Å². The molecular formula is C24H30Si. The molecule has 2 aromatic rings. The highest BCUT2D eigenvalue weighted by Crippen LogP contribution is 2.32. The molecule has 0 aliphatic heterocycles. The van der Waals surface area contributed by atoms with Crippen LogP contribution in [0.15, 0.2) is 58.8 Å². The lowest BCUT2D eigenvalue weighted by atomic mass is 10.2. The van der Waals surface area contributed by atoms with Crippen LogP contribution in [0.3, 0.4) is 0 Å². The van der Waals surface area contributed by atoms with Crippen LogP contribution < -0.4 is 10.4 Å². The summed E-state index contributed by atoms with van der Waals surface area (Å²) in [7, 11) is -1.97. The Bertz CT molecular complexity index is 804. The average Bonchev–Trinajstić information content (AvgIpc) is 2.83. The van der Waals surface area contributed by atoms with Crippen molar-refractivity contribution in [3.05, 3.63) is 81.1 Å². The topological polar surface area (TPSA) is 0 Å². The zero-order valence-corrected chi connectivity index (χ0v) is 17.7. The van der Waals surface area contributed by atoms with E-state index in [-0.39, 0.29) is 0 Å². The van der Waals surface area contributed by atoms with Crippen LogP contribution in [0.1, 0.15) is 42.5 Å². The Morgan fingerprint density at radius 2 is 1.04 bits per heavy atom. The Labute approximate surface area is 154 Å². The first-order chi connectivity index (χ1) is 11.7. The van der Waals surface area contributed by atoms with Gasteiger partial charge < -0.3 is 0 Å². The highest BCUT2D eigenvalue weighted by molar-refractivity contribution is 7.06. The van der Waals surface area contributed by atoms with Crippen LogP contribution in [0.4, 0.5) is 0 Å². The van der Waals surface area contributed by atoms with Gasteiger partial charge in [0.25, 0.3) is 0 Å². The van der Waals surface area contributed by atoms with E-state index >= 15 is 0 Å². The molecule has 0 nitrogen and oxygen atoms in total. The highest BCUT2D eigenvalue weighted by atomic mass is 28.3. The molecule has 0 atom stereocenters. The first kappa shape index (κ1) is 17.9. The Hall–Kier alpha value is -1.86. The van der Waals surface area contributed by atoms with E-state index in [9.17, 15) is 0 Å². The third kappa shape index (κ3) is 3.30. The minimum atomic E-state index is -1.97. The number of hydrogen-bond donors (Lipinski definition) is 0. The predicted octanol–water partition coefficient (Wildman–Crippen LogP) is 5.32. The standard InChI is InChI=1S/C24H30Si/c1-16-8-17(2)12-22(11-16)25(7,24-15-20(5)10-21(24)6)23-13-18(3)9-19(4)14-23/h8-14H,15H2,1-7H3.